The summed E-state index contributed by atoms with van der Waals surface area (Å²) in [6.45, 7) is 3.54. The quantitative estimate of drug-likeness (QED) is 0.656. The number of fused-ring (bicyclic) bond motifs is 1. The van der Waals surface area contributed by atoms with E-state index in [9.17, 15) is 4.39 Å². The Morgan fingerprint density at radius 3 is 2.52 bits per heavy atom. The standard InChI is InChI=1S/C17H18BrFN6/c1-23-16-14(15(18)22-23)17(21-11-20-16)25-8-2-7-24(9-10-25)13-5-3-12(19)4-6-13/h3-6,11H,2,7-10H2,1H3. The lowest BCUT2D eigenvalue weighted by Gasteiger charge is -2.24. The van der Waals surface area contributed by atoms with Crippen molar-refractivity contribution in [3.05, 3.63) is 41.0 Å². The van der Waals surface area contributed by atoms with E-state index in [0.717, 1.165) is 59.7 Å². The maximum absolute atomic E-state index is 13.2. The number of aromatic nitrogens is 4. The molecule has 0 N–H and O–H groups in total. The minimum absolute atomic E-state index is 0.204. The molecule has 4 rings (SSSR count). The Morgan fingerprint density at radius 1 is 1.00 bits per heavy atom. The average molecular weight is 405 g/mol. The van der Waals surface area contributed by atoms with Crippen LogP contribution in [0.3, 0.4) is 0 Å². The van der Waals surface area contributed by atoms with E-state index in [0.29, 0.717) is 0 Å². The third-order valence-corrected chi connectivity index (χ3v) is 5.10. The number of rotatable bonds is 2. The molecule has 0 radical (unpaired) electrons. The number of hydrogen-bond acceptors (Lipinski definition) is 5. The van der Waals surface area contributed by atoms with E-state index in [-0.39, 0.29) is 5.82 Å². The van der Waals surface area contributed by atoms with Crippen LogP contribution >= 0.6 is 15.9 Å². The van der Waals surface area contributed by atoms with Gasteiger partial charge in [0.25, 0.3) is 0 Å². The smallest absolute Gasteiger partial charge is 0.164 e. The fourth-order valence-electron chi connectivity index (χ4n) is 3.31. The number of aryl methyl sites for hydroxylation is 1. The van der Waals surface area contributed by atoms with E-state index in [4.69, 9.17) is 0 Å². The molecule has 1 aliphatic rings. The van der Waals surface area contributed by atoms with Crippen LogP contribution in [-0.2, 0) is 7.05 Å². The third-order valence-electron chi connectivity index (χ3n) is 4.55. The zero-order valence-corrected chi connectivity index (χ0v) is 15.4. The van der Waals surface area contributed by atoms with Crippen molar-refractivity contribution in [3.63, 3.8) is 0 Å². The van der Waals surface area contributed by atoms with Crippen molar-refractivity contribution in [3.8, 4) is 0 Å². The molecule has 25 heavy (non-hydrogen) atoms. The minimum Gasteiger partial charge on any atom is -0.370 e. The number of hydrogen-bond donors (Lipinski definition) is 0. The first kappa shape index (κ1) is 16.3. The Balaban J connectivity index is 1.60. The predicted molar refractivity (Wildman–Crippen MR) is 99.4 cm³/mol. The van der Waals surface area contributed by atoms with Gasteiger partial charge >= 0.3 is 0 Å². The van der Waals surface area contributed by atoms with E-state index >= 15 is 0 Å². The zero-order valence-electron chi connectivity index (χ0n) is 13.9. The highest BCUT2D eigenvalue weighted by Gasteiger charge is 2.21. The molecule has 0 spiro atoms. The fourth-order valence-corrected chi connectivity index (χ4v) is 3.90. The van der Waals surface area contributed by atoms with Crippen molar-refractivity contribution in [2.24, 2.45) is 7.05 Å². The first-order valence-corrected chi connectivity index (χ1v) is 9.01. The van der Waals surface area contributed by atoms with Gasteiger partial charge in [-0.25, -0.2) is 19.0 Å². The summed E-state index contributed by atoms with van der Waals surface area (Å²) >= 11 is 3.53. The second kappa shape index (κ2) is 6.59. The van der Waals surface area contributed by atoms with E-state index in [1.54, 1.807) is 11.0 Å². The maximum atomic E-state index is 13.2. The van der Waals surface area contributed by atoms with Gasteiger partial charge in [-0.3, -0.25) is 0 Å². The van der Waals surface area contributed by atoms with Crippen molar-refractivity contribution in [2.75, 3.05) is 36.0 Å². The lowest BCUT2D eigenvalue weighted by Crippen LogP contribution is -2.31. The first-order valence-electron chi connectivity index (χ1n) is 8.22. The molecule has 0 bridgehead atoms. The fraction of sp³-hybridized carbons (Fsp3) is 0.353. The summed E-state index contributed by atoms with van der Waals surface area (Å²) in [5.74, 6) is 0.705. The Morgan fingerprint density at radius 2 is 1.72 bits per heavy atom. The molecule has 130 valence electrons. The number of anilines is 2. The van der Waals surface area contributed by atoms with Crippen molar-refractivity contribution in [2.45, 2.75) is 6.42 Å². The molecule has 3 heterocycles. The highest BCUT2D eigenvalue weighted by Crippen LogP contribution is 2.30. The highest BCUT2D eigenvalue weighted by molar-refractivity contribution is 9.10. The van der Waals surface area contributed by atoms with Gasteiger partial charge in [0, 0.05) is 38.9 Å². The average Bonchev–Trinajstić information content (AvgIpc) is 2.79. The van der Waals surface area contributed by atoms with Crippen molar-refractivity contribution in [1.29, 1.82) is 0 Å². The summed E-state index contributed by atoms with van der Waals surface area (Å²) in [5.41, 5.74) is 1.87. The Bertz CT molecular complexity index is 894. The molecule has 2 aromatic heterocycles. The largest absolute Gasteiger partial charge is 0.370 e. The van der Waals surface area contributed by atoms with Gasteiger partial charge in [-0.2, -0.15) is 5.10 Å². The van der Waals surface area contributed by atoms with Crippen LogP contribution < -0.4 is 9.80 Å². The van der Waals surface area contributed by atoms with E-state index in [1.807, 2.05) is 19.2 Å². The molecule has 1 aliphatic heterocycles. The second-order valence-electron chi connectivity index (χ2n) is 6.11. The maximum Gasteiger partial charge on any atom is 0.164 e. The van der Waals surface area contributed by atoms with E-state index in [2.05, 4.69) is 40.8 Å². The Hall–Kier alpha value is -2.22. The summed E-state index contributed by atoms with van der Waals surface area (Å²) in [5, 5.41) is 5.34. The molecule has 0 unspecified atom stereocenters. The molecule has 0 atom stereocenters. The molecule has 1 fully saturated rings. The topological polar surface area (TPSA) is 50.1 Å². The molecule has 6 nitrogen and oxygen atoms in total. The van der Waals surface area contributed by atoms with Crippen LogP contribution in [0.1, 0.15) is 6.42 Å². The van der Waals surface area contributed by atoms with Crippen molar-refractivity contribution >= 4 is 38.5 Å². The van der Waals surface area contributed by atoms with Crippen molar-refractivity contribution in [1.82, 2.24) is 19.7 Å². The molecular formula is C17H18BrFN6. The number of benzene rings is 1. The van der Waals surface area contributed by atoms with Gasteiger partial charge in [0.15, 0.2) is 5.65 Å². The van der Waals surface area contributed by atoms with Gasteiger partial charge in [0.1, 0.15) is 22.6 Å². The van der Waals surface area contributed by atoms with Crippen molar-refractivity contribution < 1.29 is 4.39 Å². The molecule has 0 saturated carbocycles. The van der Waals surface area contributed by atoms with Gasteiger partial charge in [-0.15, -0.1) is 0 Å². The lowest BCUT2D eigenvalue weighted by molar-refractivity contribution is 0.627. The Kier molecular flexibility index (Phi) is 4.29. The van der Waals surface area contributed by atoms with Crippen LogP contribution in [0.5, 0.6) is 0 Å². The van der Waals surface area contributed by atoms with Gasteiger partial charge in [0.05, 0.1) is 5.39 Å². The molecule has 1 saturated heterocycles. The number of nitrogens with zero attached hydrogens (tertiary/aromatic N) is 6. The van der Waals surface area contributed by atoms with Gasteiger partial charge in [0.2, 0.25) is 0 Å². The number of halogens is 2. The molecule has 3 aromatic rings. The van der Waals surface area contributed by atoms with E-state index < -0.39 is 0 Å². The predicted octanol–water partition coefficient (Wildman–Crippen LogP) is 2.98. The van der Waals surface area contributed by atoms with Crippen LogP contribution in [0, 0.1) is 5.82 Å². The monoisotopic (exact) mass is 404 g/mol. The van der Waals surface area contributed by atoms with E-state index in [1.165, 1.54) is 12.1 Å². The lowest BCUT2D eigenvalue weighted by atomic mass is 10.2. The SMILES string of the molecule is Cn1nc(Br)c2c(N3CCCN(c4ccc(F)cc4)CC3)ncnc21. The van der Waals surface area contributed by atoms with Gasteiger partial charge in [-0.05, 0) is 46.6 Å². The normalized spacial score (nSPS) is 15.6. The van der Waals surface area contributed by atoms with Crippen LogP contribution in [0.25, 0.3) is 11.0 Å². The summed E-state index contributed by atoms with van der Waals surface area (Å²) in [6, 6.07) is 6.70. The second-order valence-corrected chi connectivity index (χ2v) is 6.87. The summed E-state index contributed by atoms with van der Waals surface area (Å²) < 4.78 is 15.7. The van der Waals surface area contributed by atoms with Crippen LogP contribution in [0.15, 0.2) is 35.2 Å². The minimum atomic E-state index is -0.204. The first-order chi connectivity index (χ1) is 12.1. The highest BCUT2D eigenvalue weighted by atomic mass is 79.9. The molecular weight excluding hydrogens is 387 g/mol. The molecule has 8 heteroatoms. The van der Waals surface area contributed by atoms with Crippen LogP contribution in [0.2, 0.25) is 0 Å². The van der Waals surface area contributed by atoms with Gasteiger partial charge < -0.3 is 9.80 Å². The molecule has 1 aromatic carbocycles. The summed E-state index contributed by atoms with van der Waals surface area (Å²) in [4.78, 5) is 13.4. The zero-order chi connectivity index (χ0) is 17.4. The van der Waals surface area contributed by atoms with Crippen LogP contribution in [-0.4, -0.2) is 45.9 Å². The third kappa shape index (κ3) is 3.06. The Labute approximate surface area is 153 Å². The molecule has 0 amide bonds. The summed E-state index contributed by atoms with van der Waals surface area (Å²) in [7, 11) is 1.88. The summed E-state index contributed by atoms with van der Waals surface area (Å²) in [6.07, 6.45) is 2.59. The molecule has 0 aliphatic carbocycles. The van der Waals surface area contributed by atoms with Crippen LogP contribution in [0.4, 0.5) is 15.9 Å². The van der Waals surface area contributed by atoms with Gasteiger partial charge in [-0.1, -0.05) is 0 Å².